The van der Waals surface area contributed by atoms with Crippen LogP contribution >= 0.6 is 0 Å². The van der Waals surface area contributed by atoms with Crippen molar-refractivity contribution in [2.75, 3.05) is 7.05 Å². The average molecular weight is 182 g/mol. The highest BCUT2D eigenvalue weighted by atomic mass is 16.5. The van der Waals surface area contributed by atoms with Gasteiger partial charge in [0, 0.05) is 19.3 Å². The van der Waals surface area contributed by atoms with Crippen LogP contribution in [0.5, 0.6) is 0 Å². The molecule has 70 valence electrons. The van der Waals surface area contributed by atoms with Gasteiger partial charge in [-0.15, -0.1) is 0 Å². The molecular formula is C8H10N2O3. The van der Waals surface area contributed by atoms with Crippen LogP contribution in [0.3, 0.4) is 0 Å². The predicted octanol–water partition coefficient (Wildman–Crippen LogP) is -0.304. The summed E-state index contributed by atoms with van der Waals surface area (Å²) in [6.07, 6.45) is 1.49. The largest absolute Gasteiger partial charge is 0.306 e. The Morgan fingerprint density at radius 1 is 1.62 bits per heavy atom. The van der Waals surface area contributed by atoms with Crippen molar-refractivity contribution in [1.82, 2.24) is 9.63 Å². The minimum atomic E-state index is -0.534. The van der Waals surface area contributed by atoms with Gasteiger partial charge in [0.15, 0.2) is 0 Å². The van der Waals surface area contributed by atoms with E-state index >= 15 is 0 Å². The number of hydrogen-bond acceptors (Lipinski definition) is 3. The van der Waals surface area contributed by atoms with Gasteiger partial charge < -0.3 is 4.57 Å². The van der Waals surface area contributed by atoms with E-state index in [0.29, 0.717) is 5.06 Å². The fourth-order valence-electron chi connectivity index (χ4n) is 0.839. The molecule has 0 spiro atoms. The van der Waals surface area contributed by atoms with E-state index in [1.807, 2.05) is 0 Å². The first kappa shape index (κ1) is 9.47. The van der Waals surface area contributed by atoms with Gasteiger partial charge in [0.05, 0.1) is 0 Å². The highest BCUT2D eigenvalue weighted by Crippen LogP contribution is 1.85. The summed E-state index contributed by atoms with van der Waals surface area (Å²) in [5.41, 5.74) is -0.266. The molecule has 0 aliphatic rings. The van der Waals surface area contributed by atoms with E-state index in [1.165, 1.54) is 23.9 Å². The number of amides is 1. The maximum absolute atomic E-state index is 11.1. The zero-order valence-electron chi connectivity index (χ0n) is 7.17. The van der Waals surface area contributed by atoms with Crippen LogP contribution in [0.4, 0.5) is 0 Å². The number of hydroxylamine groups is 2. The molecule has 13 heavy (non-hydrogen) atoms. The van der Waals surface area contributed by atoms with E-state index in [2.05, 4.69) is 0 Å². The lowest BCUT2D eigenvalue weighted by atomic mass is 10.4. The van der Waals surface area contributed by atoms with Gasteiger partial charge in [-0.3, -0.25) is 14.8 Å². The standard InChI is InChI=1S/C8H10N2O3/c1-9(13)8(12)6-10-5-3-2-4-7(10)11/h2-5,13H,6H2,1H3. The number of pyridine rings is 1. The Balaban J connectivity index is 2.81. The molecule has 1 rings (SSSR count). The maximum Gasteiger partial charge on any atom is 0.265 e. The quantitative estimate of drug-likeness (QED) is 0.504. The molecule has 5 heteroatoms. The van der Waals surface area contributed by atoms with Crippen LogP contribution in [-0.2, 0) is 11.3 Å². The number of carbonyl (C=O) groups is 1. The van der Waals surface area contributed by atoms with Gasteiger partial charge in [-0.2, -0.15) is 0 Å². The number of aromatic nitrogens is 1. The summed E-state index contributed by atoms with van der Waals surface area (Å²) in [4.78, 5) is 22.1. The topological polar surface area (TPSA) is 62.5 Å². The third kappa shape index (κ3) is 2.41. The molecule has 1 amide bonds. The Bertz CT molecular complexity index is 356. The fourth-order valence-corrected chi connectivity index (χ4v) is 0.839. The van der Waals surface area contributed by atoms with Crippen LogP contribution in [0.15, 0.2) is 29.2 Å². The van der Waals surface area contributed by atoms with Gasteiger partial charge in [0.25, 0.3) is 11.5 Å². The van der Waals surface area contributed by atoms with Crippen LogP contribution in [0, 0.1) is 0 Å². The molecule has 0 saturated heterocycles. The SMILES string of the molecule is CN(O)C(=O)Cn1ccccc1=O. The highest BCUT2D eigenvalue weighted by Gasteiger charge is 2.06. The molecule has 0 aliphatic carbocycles. The number of carbonyl (C=O) groups excluding carboxylic acids is 1. The number of likely N-dealkylation sites (N-methyl/N-ethyl adjacent to an activating group) is 1. The molecular weight excluding hydrogens is 172 g/mol. The maximum atomic E-state index is 11.1. The van der Waals surface area contributed by atoms with Crippen molar-refractivity contribution in [3.05, 3.63) is 34.7 Å². The van der Waals surface area contributed by atoms with E-state index in [-0.39, 0.29) is 12.1 Å². The zero-order valence-corrected chi connectivity index (χ0v) is 7.17. The van der Waals surface area contributed by atoms with Crippen LogP contribution in [0.1, 0.15) is 0 Å². The molecule has 0 unspecified atom stereocenters. The zero-order chi connectivity index (χ0) is 9.84. The summed E-state index contributed by atoms with van der Waals surface area (Å²) in [6, 6.07) is 4.59. The molecule has 1 heterocycles. The number of hydrogen-bond donors (Lipinski definition) is 1. The normalized spacial score (nSPS) is 9.69. The van der Waals surface area contributed by atoms with Crippen molar-refractivity contribution in [3.63, 3.8) is 0 Å². The van der Waals surface area contributed by atoms with E-state index in [9.17, 15) is 9.59 Å². The molecule has 0 aliphatic heterocycles. The van der Waals surface area contributed by atoms with Crippen LogP contribution in [-0.4, -0.2) is 27.8 Å². The Hall–Kier alpha value is -1.62. The van der Waals surface area contributed by atoms with Crippen LogP contribution in [0.2, 0.25) is 0 Å². The third-order valence-corrected chi connectivity index (χ3v) is 1.57. The lowest BCUT2D eigenvalue weighted by Crippen LogP contribution is -2.31. The van der Waals surface area contributed by atoms with Gasteiger partial charge in [-0.1, -0.05) is 6.07 Å². The molecule has 0 bridgehead atoms. The van der Waals surface area contributed by atoms with Crippen LogP contribution in [0.25, 0.3) is 0 Å². The Kier molecular flexibility index (Phi) is 2.81. The first-order valence-corrected chi connectivity index (χ1v) is 3.72. The predicted molar refractivity (Wildman–Crippen MR) is 45.3 cm³/mol. The summed E-state index contributed by atoms with van der Waals surface area (Å²) >= 11 is 0. The molecule has 0 aromatic carbocycles. The van der Waals surface area contributed by atoms with Crippen molar-refractivity contribution in [2.24, 2.45) is 0 Å². The fraction of sp³-hybridized carbons (Fsp3) is 0.250. The van der Waals surface area contributed by atoms with E-state index < -0.39 is 5.91 Å². The third-order valence-electron chi connectivity index (χ3n) is 1.57. The second-order valence-electron chi connectivity index (χ2n) is 2.58. The first-order chi connectivity index (χ1) is 6.11. The van der Waals surface area contributed by atoms with E-state index in [0.717, 1.165) is 0 Å². The van der Waals surface area contributed by atoms with Gasteiger partial charge in [0.2, 0.25) is 0 Å². The van der Waals surface area contributed by atoms with Gasteiger partial charge >= 0.3 is 0 Å². The van der Waals surface area contributed by atoms with Crippen LogP contribution < -0.4 is 5.56 Å². The van der Waals surface area contributed by atoms with E-state index in [4.69, 9.17) is 5.21 Å². The number of nitrogens with zero attached hydrogens (tertiary/aromatic N) is 2. The van der Waals surface area contributed by atoms with Gasteiger partial charge in [-0.05, 0) is 6.07 Å². The minimum absolute atomic E-state index is 0.146. The summed E-state index contributed by atoms with van der Waals surface area (Å²) in [5.74, 6) is -0.534. The first-order valence-electron chi connectivity index (χ1n) is 3.72. The molecule has 0 saturated carbocycles. The smallest absolute Gasteiger partial charge is 0.265 e. The summed E-state index contributed by atoms with van der Waals surface area (Å²) < 4.78 is 1.22. The van der Waals surface area contributed by atoms with E-state index in [1.54, 1.807) is 12.1 Å². The highest BCUT2D eigenvalue weighted by molar-refractivity contribution is 5.74. The van der Waals surface area contributed by atoms with Crippen molar-refractivity contribution >= 4 is 5.91 Å². The van der Waals surface area contributed by atoms with Gasteiger partial charge in [0.1, 0.15) is 6.54 Å². The Morgan fingerprint density at radius 2 is 2.31 bits per heavy atom. The summed E-state index contributed by atoms with van der Waals surface area (Å²) in [5, 5.41) is 9.20. The monoisotopic (exact) mass is 182 g/mol. The summed E-state index contributed by atoms with van der Waals surface area (Å²) in [6.45, 7) is -0.146. The van der Waals surface area contributed by atoms with Crippen molar-refractivity contribution in [2.45, 2.75) is 6.54 Å². The molecule has 0 radical (unpaired) electrons. The second kappa shape index (κ2) is 3.86. The summed E-state index contributed by atoms with van der Waals surface area (Å²) in [7, 11) is 1.22. The lowest BCUT2D eigenvalue weighted by molar-refractivity contribution is -0.160. The van der Waals surface area contributed by atoms with Crippen molar-refractivity contribution in [3.8, 4) is 0 Å². The Morgan fingerprint density at radius 3 is 2.85 bits per heavy atom. The van der Waals surface area contributed by atoms with Crippen molar-refractivity contribution < 1.29 is 10.0 Å². The molecule has 0 atom stereocenters. The lowest BCUT2D eigenvalue weighted by Gasteiger charge is -2.09. The molecule has 1 N–H and O–H groups in total. The molecule has 5 nitrogen and oxygen atoms in total. The van der Waals surface area contributed by atoms with Crippen molar-refractivity contribution in [1.29, 1.82) is 0 Å². The minimum Gasteiger partial charge on any atom is -0.306 e. The second-order valence-corrected chi connectivity index (χ2v) is 2.58. The average Bonchev–Trinajstić information content (AvgIpc) is 2.08. The molecule has 1 aromatic heterocycles. The molecule has 1 aromatic rings. The number of rotatable bonds is 2. The molecule has 0 fully saturated rings. The Labute approximate surface area is 74.8 Å². The van der Waals surface area contributed by atoms with Gasteiger partial charge in [-0.25, -0.2) is 5.06 Å².